The fraction of sp³-hybridized carbons (Fsp3) is 0.364. The molecule has 0 aliphatic carbocycles. The van der Waals surface area contributed by atoms with Gasteiger partial charge in [0.25, 0.3) is 0 Å². The zero-order valence-electron chi connectivity index (χ0n) is 7.88. The van der Waals surface area contributed by atoms with E-state index in [-0.39, 0.29) is 0 Å². The first-order chi connectivity index (χ1) is 6.31. The number of nitrogens with two attached hydrogens (primary N) is 1. The van der Waals surface area contributed by atoms with Gasteiger partial charge in [-0.1, -0.05) is 25.5 Å². The fourth-order valence-electron chi connectivity index (χ4n) is 1.36. The lowest BCUT2D eigenvalue weighted by molar-refractivity contribution is 0.912. The van der Waals surface area contributed by atoms with Crippen LogP contribution in [0.25, 0.3) is 0 Å². The Kier molecular flexibility index (Phi) is 3.48. The Hall–Kier alpha value is -1.33. The van der Waals surface area contributed by atoms with Crippen LogP contribution in [0.15, 0.2) is 18.2 Å². The quantitative estimate of drug-likeness (QED) is 0.761. The van der Waals surface area contributed by atoms with Crippen molar-refractivity contribution in [3.8, 4) is 6.07 Å². The molecule has 0 fully saturated rings. The molecule has 2 nitrogen and oxygen atoms in total. The number of hydrogen-bond acceptors (Lipinski definition) is 2. The van der Waals surface area contributed by atoms with E-state index in [9.17, 15) is 0 Å². The molecule has 68 valence electrons. The highest BCUT2D eigenvalue weighted by Crippen LogP contribution is 2.12. The number of rotatable bonds is 3. The van der Waals surface area contributed by atoms with Crippen molar-refractivity contribution in [2.45, 2.75) is 26.3 Å². The van der Waals surface area contributed by atoms with Crippen LogP contribution in [-0.4, -0.2) is 0 Å². The standard InChI is InChI=1S/C11H14N2/c1-2-3-10-6-9(7-12)4-5-11(10)8-13/h4-6H,2-3,7,12H2,1H3. The van der Waals surface area contributed by atoms with E-state index in [0.717, 1.165) is 29.5 Å². The van der Waals surface area contributed by atoms with Gasteiger partial charge in [0.1, 0.15) is 0 Å². The van der Waals surface area contributed by atoms with Crippen LogP contribution >= 0.6 is 0 Å². The zero-order chi connectivity index (χ0) is 9.68. The van der Waals surface area contributed by atoms with Crippen LogP contribution in [0.3, 0.4) is 0 Å². The molecule has 1 aromatic carbocycles. The van der Waals surface area contributed by atoms with E-state index in [1.54, 1.807) is 0 Å². The third kappa shape index (κ3) is 2.30. The average Bonchev–Trinajstić information content (AvgIpc) is 2.18. The van der Waals surface area contributed by atoms with Crippen LogP contribution in [-0.2, 0) is 13.0 Å². The van der Waals surface area contributed by atoms with Gasteiger partial charge in [-0.05, 0) is 23.6 Å². The van der Waals surface area contributed by atoms with Crippen molar-refractivity contribution in [2.24, 2.45) is 5.73 Å². The van der Waals surface area contributed by atoms with Gasteiger partial charge >= 0.3 is 0 Å². The molecule has 0 saturated heterocycles. The van der Waals surface area contributed by atoms with Crippen LogP contribution in [0.5, 0.6) is 0 Å². The van der Waals surface area contributed by atoms with E-state index in [1.807, 2.05) is 18.2 Å². The number of aryl methyl sites for hydroxylation is 1. The maximum atomic E-state index is 8.83. The van der Waals surface area contributed by atoms with E-state index < -0.39 is 0 Å². The molecule has 0 unspecified atom stereocenters. The normalized spacial score (nSPS) is 9.62. The SMILES string of the molecule is CCCc1cc(CN)ccc1C#N. The van der Waals surface area contributed by atoms with Gasteiger partial charge in [0.15, 0.2) is 0 Å². The predicted octanol–water partition coefficient (Wildman–Crippen LogP) is 1.97. The molecule has 0 saturated carbocycles. The second kappa shape index (κ2) is 4.64. The average molecular weight is 174 g/mol. The Bertz CT molecular complexity index is 323. The van der Waals surface area contributed by atoms with Crippen LogP contribution in [0.1, 0.15) is 30.0 Å². The van der Waals surface area contributed by atoms with Crippen molar-refractivity contribution in [3.05, 3.63) is 34.9 Å². The first kappa shape index (κ1) is 9.76. The van der Waals surface area contributed by atoms with Gasteiger partial charge in [-0.2, -0.15) is 5.26 Å². The summed E-state index contributed by atoms with van der Waals surface area (Å²) in [4.78, 5) is 0. The molecule has 0 radical (unpaired) electrons. The van der Waals surface area contributed by atoms with Gasteiger partial charge in [-0.3, -0.25) is 0 Å². The second-order valence-electron chi connectivity index (χ2n) is 3.06. The number of hydrogen-bond donors (Lipinski definition) is 1. The van der Waals surface area contributed by atoms with Crippen LogP contribution in [0.4, 0.5) is 0 Å². The van der Waals surface area contributed by atoms with Crippen molar-refractivity contribution in [1.82, 2.24) is 0 Å². The summed E-state index contributed by atoms with van der Waals surface area (Å²) in [7, 11) is 0. The fourth-order valence-corrected chi connectivity index (χ4v) is 1.36. The minimum Gasteiger partial charge on any atom is -0.326 e. The van der Waals surface area contributed by atoms with Crippen molar-refractivity contribution >= 4 is 0 Å². The second-order valence-corrected chi connectivity index (χ2v) is 3.06. The van der Waals surface area contributed by atoms with Gasteiger partial charge in [-0.15, -0.1) is 0 Å². The van der Waals surface area contributed by atoms with Crippen LogP contribution < -0.4 is 5.73 Å². The minimum absolute atomic E-state index is 0.544. The van der Waals surface area contributed by atoms with E-state index >= 15 is 0 Å². The molecule has 1 aromatic rings. The van der Waals surface area contributed by atoms with E-state index in [4.69, 9.17) is 11.0 Å². The van der Waals surface area contributed by atoms with Crippen LogP contribution in [0, 0.1) is 11.3 Å². The summed E-state index contributed by atoms with van der Waals surface area (Å²) < 4.78 is 0. The molecule has 0 aromatic heterocycles. The summed E-state index contributed by atoms with van der Waals surface area (Å²) in [6.45, 7) is 2.65. The molecular weight excluding hydrogens is 160 g/mol. The minimum atomic E-state index is 0.544. The van der Waals surface area contributed by atoms with E-state index in [2.05, 4.69) is 13.0 Å². The molecule has 2 heteroatoms. The summed E-state index contributed by atoms with van der Waals surface area (Å²) >= 11 is 0. The molecule has 2 N–H and O–H groups in total. The third-order valence-electron chi connectivity index (χ3n) is 2.05. The van der Waals surface area contributed by atoms with Gasteiger partial charge in [0.2, 0.25) is 0 Å². The summed E-state index contributed by atoms with van der Waals surface area (Å²) in [5.74, 6) is 0. The van der Waals surface area contributed by atoms with E-state index in [0.29, 0.717) is 6.54 Å². The van der Waals surface area contributed by atoms with Crippen LogP contribution in [0.2, 0.25) is 0 Å². The molecule has 0 aliphatic heterocycles. The topological polar surface area (TPSA) is 49.8 Å². The number of benzene rings is 1. The van der Waals surface area contributed by atoms with E-state index in [1.165, 1.54) is 0 Å². The zero-order valence-corrected chi connectivity index (χ0v) is 7.88. The monoisotopic (exact) mass is 174 g/mol. The molecule has 13 heavy (non-hydrogen) atoms. The molecule has 0 amide bonds. The van der Waals surface area contributed by atoms with Crippen molar-refractivity contribution in [1.29, 1.82) is 5.26 Å². The first-order valence-corrected chi connectivity index (χ1v) is 4.53. The maximum Gasteiger partial charge on any atom is 0.0994 e. The summed E-state index contributed by atoms with van der Waals surface area (Å²) in [6, 6.07) is 7.99. The van der Waals surface area contributed by atoms with Gasteiger partial charge < -0.3 is 5.73 Å². The van der Waals surface area contributed by atoms with Crippen molar-refractivity contribution < 1.29 is 0 Å². The molecule has 0 atom stereocenters. The number of nitriles is 1. The number of nitrogens with zero attached hydrogens (tertiary/aromatic N) is 1. The van der Waals surface area contributed by atoms with Crippen molar-refractivity contribution in [2.75, 3.05) is 0 Å². The smallest absolute Gasteiger partial charge is 0.0994 e. The highest BCUT2D eigenvalue weighted by Gasteiger charge is 2.01. The maximum absolute atomic E-state index is 8.83. The lowest BCUT2D eigenvalue weighted by Gasteiger charge is -2.04. The van der Waals surface area contributed by atoms with Gasteiger partial charge in [0.05, 0.1) is 11.6 Å². The molecule has 0 spiro atoms. The largest absolute Gasteiger partial charge is 0.326 e. The Morgan fingerprint density at radius 1 is 1.46 bits per heavy atom. The highest BCUT2D eigenvalue weighted by atomic mass is 14.5. The Morgan fingerprint density at radius 2 is 2.23 bits per heavy atom. The lowest BCUT2D eigenvalue weighted by Crippen LogP contribution is -1.99. The Labute approximate surface area is 79.0 Å². The van der Waals surface area contributed by atoms with Gasteiger partial charge in [0, 0.05) is 6.54 Å². The van der Waals surface area contributed by atoms with Crippen molar-refractivity contribution in [3.63, 3.8) is 0 Å². The Balaban J connectivity index is 3.04. The molecule has 0 aliphatic rings. The molecule has 1 rings (SSSR count). The summed E-state index contributed by atoms with van der Waals surface area (Å²) in [5, 5.41) is 8.83. The van der Waals surface area contributed by atoms with Gasteiger partial charge in [-0.25, -0.2) is 0 Å². The molecule has 0 bridgehead atoms. The highest BCUT2D eigenvalue weighted by molar-refractivity contribution is 5.40. The summed E-state index contributed by atoms with van der Waals surface area (Å²) in [6.07, 6.45) is 2.01. The third-order valence-corrected chi connectivity index (χ3v) is 2.05. The molecule has 0 heterocycles. The first-order valence-electron chi connectivity index (χ1n) is 4.53. The molecular formula is C11H14N2. The Morgan fingerprint density at radius 3 is 2.77 bits per heavy atom. The summed E-state index contributed by atoms with van der Waals surface area (Å²) in [5.41, 5.74) is 8.52. The lowest BCUT2D eigenvalue weighted by atomic mass is 10.0. The predicted molar refractivity (Wildman–Crippen MR) is 53.0 cm³/mol.